The summed E-state index contributed by atoms with van der Waals surface area (Å²) < 4.78 is 5.63. The van der Waals surface area contributed by atoms with Crippen LogP contribution in [-0.2, 0) is 0 Å². The van der Waals surface area contributed by atoms with Crippen molar-refractivity contribution in [2.24, 2.45) is 0 Å². The van der Waals surface area contributed by atoms with E-state index in [1.807, 2.05) is 12.1 Å². The smallest absolute Gasteiger partial charge is 0.414 e. The average Bonchev–Trinajstić information content (AvgIpc) is 2.78. The molecule has 0 spiro atoms. The molecule has 2 amide bonds. The number of aromatic hydroxyl groups is 1. The highest BCUT2D eigenvalue weighted by molar-refractivity contribution is 6.12. The zero-order valence-corrected chi connectivity index (χ0v) is 18.2. The first-order valence-electron chi connectivity index (χ1n) is 9.89. The third-order valence-electron chi connectivity index (χ3n) is 5.05. The number of carbonyl (C=O) groups is 2. The van der Waals surface area contributed by atoms with Crippen LogP contribution in [0.15, 0.2) is 54.9 Å². The van der Waals surface area contributed by atoms with Gasteiger partial charge >= 0.3 is 6.09 Å². The van der Waals surface area contributed by atoms with Gasteiger partial charge in [-0.3, -0.25) is 14.8 Å². The predicted molar refractivity (Wildman–Crippen MR) is 122 cm³/mol. The van der Waals surface area contributed by atoms with E-state index >= 15 is 0 Å². The molecule has 0 saturated carbocycles. The van der Waals surface area contributed by atoms with Gasteiger partial charge in [-0.05, 0) is 30.3 Å². The van der Waals surface area contributed by atoms with Crippen LogP contribution >= 0.6 is 0 Å². The standard InChI is InChI=1S/C24H22N4O4/c1-27(2)23(30)16-13-15-8-6-12-26-21(15)19(22(16)29)18-17(32-24(31)28(3)4)10-9-14-7-5-11-25-20(14)18/h5-13,29H,1-4H3. The van der Waals surface area contributed by atoms with E-state index < -0.39 is 6.09 Å². The maximum Gasteiger partial charge on any atom is 0.414 e. The van der Waals surface area contributed by atoms with E-state index in [4.69, 9.17) is 4.74 Å². The van der Waals surface area contributed by atoms with Crippen molar-refractivity contribution in [1.82, 2.24) is 19.8 Å². The molecule has 8 heteroatoms. The number of rotatable bonds is 3. The number of fused-ring (bicyclic) bond motifs is 2. The molecule has 0 unspecified atom stereocenters. The maximum atomic E-state index is 12.8. The number of phenolic OH excluding ortho intramolecular Hbond substituents is 1. The number of phenols is 1. The summed E-state index contributed by atoms with van der Waals surface area (Å²) in [7, 11) is 6.37. The molecule has 0 saturated heterocycles. The molecule has 0 radical (unpaired) electrons. The number of amides is 2. The minimum atomic E-state index is -0.584. The van der Waals surface area contributed by atoms with Gasteiger partial charge in [0, 0.05) is 51.4 Å². The first-order valence-corrected chi connectivity index (χ1v) is 9.89. The largest absolute Gasteiger partial charge is 0.506 e. The minimum absolute atomic E-state index is 0.114. The fourth-order valence-electron chi connectivity index (χ4n) is 3.49. The van der Waals surface area contributed by atoms with Crippen LogP contribution in [0.25, 0.3) is 32.9 Å². The summed E-state index contributed by atoms with van der Waals surface area (Å²) in [5, 5.41) is 12.8. The highest BCUT2D eigenvalue weighted by Crippen LogP contribution is 2.45. The zero-order chi connectivity index (χ0) is 23.0. The summed E-state index contributed by atoms with van der Waals surface area (Å²) >= 11 is 0. The fraction of sp³-hybridized carbons (Fsp3) is 0.167. The van der Waals surface area contributed by atoms with Gasteiger partial charge in [-0.2, -0.15) is 0 Å². The van der Waals surface area contributed by atoms with Gasteiger partial charge < -0.3 is 19.6 Å². The molecule has 0 aliphatic rings. The second-order valence-electron chi connectivity index (χ2n) is 7.70. The molecular weight excluding hydrogens is 408 g/mol. The summed E-state index contributed by atoms with van der Waals surface area (Å²) in [6.45, 7) is 0. The second kappa shape index (κ2) is 8.14. The highest BCUT2D eigenvalue weighted by atomic mass is 16.6. The fourth-order valence-corrected chi connectivity index (χ4v) is 3.49. The SMILES string of the molecule is CN(C)C(=O)Oc1ccc2cccnc2c1-c1c(O)c(C(=O)N(C)C)cc2cccnc12. The van der Waals surface area contributed by atoms with Gasteiger partial charge in [-0.15, -0.1) is 0 Å². The Labute approximate surface area is 184 Å². The monoisotopic (exact) mass is 430 g/mol. The van der Waals surface area contributed by atoms with E-state index in [0.29, 0.717) is 22.0 Å². The summed E-state index contributed by atoms with van der Waals surface area (Å²) in [6, 6.07) is 12.3. The normalized spacial score (nSPS) is 10.9. The molecule has 1 N–H and O–H groups in total. The topological polar surface area (TPSA) is 95.9 Å². The number of carbonyl (C=O) groups excluding carboxylic acids is 2. The van der Waals surface area contributed by atoms with E-state index in [1.165, 1.54) is 9.80 Å². The molecular formula is C24H22N4O4. The van der Waals surface area contributed by atoms with E-state index in [-0.39, 0.29) is 28.5 Å². The lowest BCUT2D eigenvalue weighted by molar-refractivity contribution is 0.0825. The van der Waals surface area contributed by atoms with Crippen molar-refractivity contribution in [2.75, 3.05) is 28.2 Å². The molecule has 32 heavy (non-hydrogen) atoms. The molecule has 4 aromatic rings. The van der Waals surface area contributed by atoms with Crippen LogP contribution in [0, 0.1) is 0 Å². The molecule has 162 valence electrons. The van der Waals surface area contributed by atoms with Crippen LogP contribution in [0.5, 0.6) is 11.5 Å². The molecule has 0 fully saturated rings. The molecule has 2 aromatic heterocycles. The Morgan fingerprint density at radius 3 is 2.09 bits per heavy atom. The van der Waals surface area contributed by atoms with E-state index in [1.54, 1.807) is 70.9 Å². The molecule has 2 heterocycles. The molecule has 0 atom stereocenters. The first-order chi connectivity index (χ1) is 15.3. The molecule has 0 aliphatic carbocycles. The Kier molecular flexibility index (Phi) is 5.36. The quantitative estimate of drug-likeness (QED) is 0.529. The van der Waals surface area contributed by atoms with Crippen molar-refractivity contribution in [3.05, 3.63) is 60.4 Å². The number of hydrogen-bond donors (Lipinski definition) is 1. The van der Waals surface area contributed by atoms with E-state index in [0.717, 1.165) is 5.39 Å². The van der Waals surface area contributed by atoms with Crippen molar-refractivity contribution in [3.63, 3.8) is 0 Å². The van der Waals surface area contributed by atoms with Crippen molar-refractivity contribution in [3.8, 4) is 22.6 Å². The van der Waals surface area contributed by atoms with Gasteiger partial charge in [0.15, 0.2) is 0 Å². The van der Waals surface area contributed by atoms with Crippen LogP contribution in [0.3, 0.4) is 0 Å². The van der Waals surface area contributed by atoms with E-state index in [9.17, 15) is 14.7 Å². The summed E-state index contributed by atoms with van der Waals surface area (Å²) in [5.74, 6) is -0.420. The molecule has 2 aromatic carbocycles. The van der Waals surface area contributed by atoms with Crippen molar-refractivity contribution >= 4 is 33.8 Å². The molecule has 4 rings (SSSR count). The van der Waals surface area contributed by atoms with Gasteiger partial charge in [0.1, 0.15) is 11.5 Å². The number of pyridine rings is 2. The van der Waals surface area contributed by atoms with Crippen LogP contribution in [-0.4, -0.2) is 65.1 Å². The third-order valence-corrected chi connectivity index (χ3v) is 5.05. The third kappa shape index (κ3) is 3.56. The lowest BCUT2D eigenvalue weighted by atomic mass is 9.94. The van der Waals surface area contributed by atoms with Gasteiger partial charge in [0.25, 0.3) is 5.91 Å². The average molecular weight is 430 g/mol. The maximum absolute atomic E-state index is 12.8. The first kappa shape index (κ1) is 21.0. The number of ether oxygens (including phenoxy) is 1. The van der Waals surface area contributed by atoms with Gasteiger partial charge in [-0.1, -0.05) is 12.1 Å². The molecule has 0 aliphatic heterocycles. The molecule has 8 nitrogen and oxygen atoms in total. The predicted octanol–water partition coefficient (Wildman–Crippen LogP) is 3.92. The summed E-state index contributed by atoms with van der Waals surface area (Å²) in [5.41, 5.74) is 1.74. The van der Waals surface area contributed by atoms with Crippen molar-refractivity contribution in [1.29, 1.82) is 0 Å². The van der Waals surface area contributed by atoms with Crippen LogP contribution < -0.4 is 4.74 Å². The Balaban J connectivity index is 2.14. The lowest BCUT2D eigenvalue weighted by Gasteiger charge is -2.19. The van der Waals surface area contributed by atoms with Crippen LogP contribution in [0.4, 0.5) is 4.79 Å². The number of benzene rings is 2. The zero-order valence-electron chi connectivity index (χ0n) is 18.2. The van der Waals surface area contributed by atoms with E-state index in [2.05, 4.69) is 9.97 Å². The Morgan fingerprint density at radius 1 is 0.844 bits per heavy atom. The number of nitrogens with zero attached hydrogens (tertiary/aromatic N) is 4. The number of hydrogen-bond acceptors (Lipinski definition) is 6. The van der Waals surface area contributed by atoms with Crippen molar-refractivity contribution in [2.45, 2.75) is 0 Å². The van der Waals surface area contributed by atoms with Crippen LogP contribution in [0.2, 0.25) is 0 Å². The van der Waals surface area contributed by atoms with Gasteiger partial charge in [0.2, 0.25) is 0 Å². The van der Waals surface area contributed by atoms with Crippen molar-refractivity contribution < 1.29 is 19.4 Å². The lowest BCUT2D eigenvalue weighted by Crippen LogP contribution is -2.25. The minimum Gasteiger partial charge on any atom is -0.506 e. The Hall–Kier alpha value is -4.20. The van der Waals surface area contributed by atoms with Gasteiger partial charge in [-0.25, -0.2) is 4.79 Å². The molecule has 0 bridgehead atoms. The van der Waals surface area contributed by atoms with Crippen LogP contribution in [0.1, 0.15) is 10.4 Å². The second-order valence-corrected chi connectivity index (χ2v) is 7.70. The number of aromatic nitrogens is 2. The summed E-state index contributed by atoms with van der Waals surface area (Å²) in [4.78, 5) is 36.9. The highest BCUT2D eigenvalue weighted by Gasteiger charge is 2.26. The summed E-state index contributed by atoms with van der Waals surface area (Å²) in [6.07, 6.45) is 2.63. The van der Waals surface area contributed by atoms with Gasteiger partial charge in [0.05, 0.1) is 27.7 Å². The Morgan fingerprint density at radius 2 is 1.47 bits per heavy atom. The Bertz CT molecular complexity index is 1370.